The summed E-state index contributed by atoms with van der Waals surface area (Å²) in [4.78, 5) is 24.5. The molecule has 0 aromatic heterocycles. The number of carbonyl (C=O) groups is 2. The first-order chi connectivity index (χ1) is 15.4. The van der Waals surface area contributed by atoms with Crippen molar-refractivity contribution in [3.05, 3.63) is 66.2 Å². The van der Waals surface area contributed by atoms with E-state index in [1.54, 1.807) is 12.1 Å². The van der Waals surface area contributed by atoms with Crippen molar-refractivity contribution in [2.24, 2.45) is 10.8 Å². The summed E-state index contributed by atoms with van der Waals surface area (Å²) in [7, 11) is 0. The molecule has 0 aliphatic heterocycles. The lowest BCUT2D eigenvalue weighted by atomic mass is 9.55. The number of benzene rings is 2. The third kappa shape index (κ3) is 6.06. The monoisotopic (exact) mass is 452 g/mol. The fraction of sp³-hybridized carbons (Fsp3) is 0.481. The SMILES string of the molecule is CC1(C)CC(NC(=O)O)CC(C)(C(NC(=O)Oc2ccccc2)C(C)(C)c2ccccc2)C1. The van der Waals surface area contributed by atoms with Gasteiger partial charge in [0.05, 0.1) is 0 Å². The highest BCUT2D eigenvalue weighted by Crippen LogP contribution is 2.52. The van der Waals surface area contributed by atoms with Gasteiger partial charge in [0.25, 0.3) is 0 Å². The molecule has 2 aromatic carbocycles. The van der Waals surface area contributed by atoms with Crippen LogP contribution < -0.4 is 15.4 Å². The summed E-state index contributed by atoms with van der Waals surface area (Å²) < 4.78 is 5.60. The molecular formula is C27H36N2O4. The van der Waals surface area contributed by atoms with Crippen LogP contribution in [0.2, 0.25) is 0 Å². The molecule has 0 radical (unpaired) electrons. The maximum atomic E-state index is 13.1. The van der Waals surface area contributed by atoms with Crippen LogP contribution >= 0.6 is 0 Å². The van der Waals surface area contributed by atoms with Gasteiger partial charge in [-0.25, -0.2) is 9.59 Å². The van der Waals surface area contributed by atoms with Crippen LogP contribution in [0.5, 0.6) is 5.75 Å². The molecule has 0 saturated heterocycles. The second-order valence-corrected chi connectivity index (χ2v) is 10.9. The molecule has 1 saturated carbocycles. The van der Waals surface area contributed by atoms with Crippen molar-refractivity contribution in [1.82, 2.24) is 10.6 Å². The summed E-state index contributed by atoms with van der Waals surface area (Å²) in [6.07, 6.45) is 0.680. The maximum absolute atomic E-state index is 13.1. The minimum Gasteiger partial charge on any atom is -0.465 e. The van der Waals surface area contributed by atoms with Gasteiger partial charge in [-0.2, -0.15) is 0 Å². The number of ether oxygens (including phenoxy) is 1. The van der Waals surface area contributed by atoms with Crippen molar-refractivity contribution in [2.45, 2.75) is 71.4 Å². The van der Waals surface area contributed by atoms with Crippen LogP contribution in [0, 0.1) is 10.8 Å². The molecule has 1 aliphatic rings. The van der Waals surface area contributed by atoms with Crippen molar-refractivity contribution < 1.29 is 19.4 Å². The number of hydrogen-bond acceptors (Lipinski definition) is 3. The first-order valence-electron chi connectivity index (χ1n) is 11.5. The normalized spacial score (nSPS) is 23.2. The van der Waals surface area contributed by atoms with E-state index in [9.17, 15) is 14.7 Å². The minimum absolute atomic E-state index is 0.101. The maximum Gasteiger partial charge on any atom is 0.412 e. The Bertz CT molecular complexity index is 959. The van der Waals surface area contributed by atoms with Crippen LogP contribution in [0.1, 0.15) is 59.4 Å². The minimum atomic E-state index is -1.02. The van der Waals surface area contributed by atoms with E-state index in [-0.39, 0.29) is 22.9 Å². The van der Waals surface area contributed by atoms with Crippen molar-refractivity contribution >= 4 is 12.2 Å². The summed E-state index contributed by atoms with van der Waals surface area (Å²) in [6, 6.07) is 18.6. The number of carbonyl (C=O) groups excluding carboxylic acids is 1. The molecule has 3 unspecified atom stereocenters. The lowest BCUT2D eigenvalue weighted by Gasteiger charge is -2.54. The Morgan fingerprint density at radius 3 is 2.15 bits per heavy atom. The van der Waals surface area contributed by atoms with Crippen LogP contribution in [0.3, 0.4) is 0 Å². The summed E-state index contributed by atoms with van der Waals surface area (Å²) in [5.74, 6) is 0.478. The van der Waals surface area contributed by atoms with E-state index < -0.39 is 17.6 Å². The fourth-order valence-electron chi connectivity index (χ4n) is 6.04. The number of carboxylic acid groups (broad SMARTS) is 1. The highest BCUT2D eigenvalue weighted by molar-refractivity contribution is 5.71. The smallest absolute Gasteiger partial charge is 0.412 e. The Kier molecular flexibility index (Phi) is 7.06. The topological polar surface area (TPSA) is 87.7 Å². The number of amides is 2. The highest BCUT2D eigenvalue weighted by atomic mass is 16.6. The van der Waals surface area contributed by atoms with Gasteiger partial charge in [-0.05, 0) is 47.8 Å². The van der Waals surface area contributed by atoms with E-state index in [1.165, 1.54) is 0 Å². The van der Waals surface area contributed by atoms with Crippen LogP contribution in [0.4, 0.5) is 9.59 Å². The molecule has 3 rings (SSSR count). The average Bonchev–Trinajstić information content (AvgIpc) is 2.71. The molecular weight excluding hydrogens is 416 g/mol. The molecule has 6 nitrogen and oxygen atoms in total. The van der Waals surface area contributed by atoms with Gasteiger partial charge in [0.2, 0.25) is 0 Å². The quantitative estimate of drug-likeness (QED) is 0.503. The van der Waals surface area contributed by atoms with Gasteiger partial charge >= 0.3 is 12.2 Å². The Labute approximate surface area is 196 Å². The molecule has 33 heavy (non-hydrogen) atoms. The number of rotatable bonds is 6. The van der Waals surface area contributed by atoms with Gasteiger partial charge in [0.15, 0.2) is 0 Å². The van der Waals surface area contributed by atoms with E-state index in [1.807, 2.05) is 36.4 Å². The molecule has 1 aliphatic carbocycles. The first kappa shape index (κ1) is 24.6. The molecule has 0 bridgehead atoms. The van der Waals surface area contributed by atoms with E-state index >= 15 is 0 Å². The zero-order valence-electron chi connectivity index (χ0n) is 20.2. The van der Waals surface area contributed by atoms with Crippen molar-refractivity contribution in [3.63, 3.8) is 0 Å². The summed E-state index contributed by atoms with van der Waals surface area (Å²) in [5.41, 5.74) is 0.176. The Balaban J connectivity index is 1.98. The molecule has 2 aromatic rings. The molecule has 6 heteroatoms. The second kappa shape index (κ2) is 9.46. The van der Waals surface area contributed by atoms with Crippen LogP contribution in [-0.4, -0.2) is 29.4 Å². The van der Waals surface area contributed by atoms with Gasteiger partial charge in [-0.3, -0.25) is 0 Å². The molecule has 1 fully saturated rings. The van der Waals surface area contributed by atoms with Crippen LogP contribution in [0.25, 0.3) is 0 Å². The predicted octanol–water partition coefficient (Wildman–Crippen LogP) is 5.97. The van der Waals surface area contributed by atoms with E-state index in [0.29, 0.717) is 12.2 Å². The summed E-state index contributed by atoms with van der Waals surface area (Å²) in [6.45, 7) is 10.7. The molecule has 0 spiro atoms. The molecule has 3 atom stereocenters. The summed E-state index contributed by atoms with van der Waals surface area (Å²) in [5, 5.41) is 15.3. The van der Waals surface area contributed by atoms with Crippen molar-refractivity contribution in [3.8, 4) is 5.75 Å². The van der Waals surface area contributed by atoms with E-state index in [0.717, 1.165) is 18.4 Å². The average molecular weight is 453 g/mol. The molecule has 0 heterocycles. The Hall–Kier alpha value is -3.02. The predicted molar refractivity (Wildman–Crippen MR) is 130 cm³/mol. The molecule has 2 amide bonds. The lowest BCUT2D eigenvalue weighted by Crippen LogP contribution is -2.61. The van der Waals surface area contributed by atoms with Gasteiger partial charge < -0.3 is 20.5 Å². The summed E-state index contributed by atoms with van der Waals surface area (Å²) >= 11 is 0. The van der Waals surface area contributed by atoms with Gasteiger partial charge in [0, 0.05) is 17.5 Å². The van der Waals surface area contributed by atoms with E-state index in [4.69, 9.17) is 4.74 Å². The zero-order chi connectivity index (χ0) is 24.3. The van der Waals surface area contributed by atoms with Gasteiger partial charge in [0.1, 0.15) is 5.75 Å². The van der Waals surface area contributed by atoms with Crippen molar-refractivity contribution in [1.29, 1.82) is 0 Å². The van der Waals surface area contributed by atoms with Crippen LogP contribution in [0.15, 0.2) is 60.7 Å². The second-order valence-electron chi connectivity index (χ2n) is 10.9. The Morgan fingerprint density at radius 1 is 1.00 bits per heavy atom. The number of para-hydroxylation sites is 1. The number of hydrogen-bond donors (Lipinski definition) is 3. The Morgan fingerprint density at radius 2 is 1.58 bits per heavy atom. The van der Waals surface area contributed by atoms with E-state index in [2.05, 4.69) is 57.4 Å². The van der Waals surface area contributed by atoms with Crippen molar-refractivity contribution in [2.75, 3.05) is 0 Å². The first-order valence-corrected chi connectivity index (χ1v) is 11.5. The standard InChI is InChI=1S/C27H36N2O4/c1-25(2)16-20(28-23(30)31)17-27(5,18-25)22(26(3,4)19-12-8-6-9-13-19)29-24(32)33-21-14-10-7-11-15-21/h6-15,20,22,28H,16-18H2,1-5H3,(H,29,32)(H,30,31). The highest BCUT2D eigenvalue weighted by Gasteiger charge is 2.51. The zero-order valence-corrected chi connectivity index (χ0v) is 20.2. The lowest BCUT2D eigenvalue weighted by molar-refractivity contribution is 0.0179. The third-order valence-electron chi connectivity index (χ3n) is 6.87. The van der Waals surface area contributed by atoms with Gasteiger partial charge in [-0.1, -0.05) is 83.1 Å². The van der Waals surface area contributed by atoms with Crippen LogP contribution in [-0.2, 0) is 5.41 Å². The molecule has 3 N–H and O–H groups in total. The molecule has 178 valence electrons. The number of nitrogens with one attached hydrogen (secondary N) is 2. The largest absolute Gasteiger partial charge is 0.465 e. The fourth-order valence-corrected chi connectivity index (χ4v) is 6.04. The van der Waals surface area contributed by atoms with Gasteiger partial charge in [-0.15, -0.1) is 0 Å². The third-order valence-corrected chi connectivity index (χ3v) is 6.87.